The Morgan fingerprint density at radius 1 is 1.13 bits per heavy atom. The lowest BCUT2D eigenvalue weighted by molar-refractivity contribution is -0.137. The molecule has 0 aliphatic carbocycles. The third kappa shape index (κ3) is 7.85. The van der Waals surface area contributed by atoms with E-state index in [9.17, 15) is 36.0 Å². The van der Waals surface area contributed by atoms with Crippen LogP contribution < -0.4 is 10.0 Å². The number of carbonyl (C=O) groups is 3. The van der Waals surface area contributed by atoms with Crippen LogP contribution in [0.25, 0.3) is 6.08 Å². The van der Waals surface area contributed by atoms with Crippen molar-refractivity contribution < 1.29 is 36.0 Å². The SMILES string of the molecule is CSCC[C@@H](NS(=O)(=O)c1cccc(C(F)(F)F)c1)C(=O)NCCN1C(=O)S/C(=C\c2ccccc2)C1=O. The van der Waals surface area contributed by atoms with Gasteiger partial charge in [-0.2, -0.15) is 29.7 Å². The first-order valence-corrected chi connectivity index (χ1v) is 14.9. The molecule has 14 heteroatoms. The van der Waals surface area contributed by atoms with Crippen molar-refractivity contribution in [3.63, 3.8) is 0 Å². The molecule has 1 saturated heterocycles. The van der Waals surface area contributed by atoms with E-state index in [1.807, 2.05) is 6.07 Å². The lowest BCUT2D eigenvalue weighted by Gasteiger charge is -2.20. The molecule has 2 aromatic carbocycles. The number of alkyl halides is 3. The highest BCUT2D eigenvalue weighted by Crippen LogP contribution is 2.32. The van der Waals surface area contributed by atoms with E-state index >= 15 is 0 Å². The predicted octanol–water partition coefficient (Wildman–Crippen LogP) is 3.96. The zero-order valence-electron chi connectivity index (χ0n) is 20.0. The first kappa shape index (κ1) is 29.7. The number of benzene rings is 2. The number of halogens is 3. The lowest BCUT2D eigenvalue weighted by atomic mass is 10.2. The summed E-state index contributed by atoms with van der Waals surface area (Å²) in [4.78, 5) is 38.3. The Labute approximate surface area is 226 Å². The van der Waals surface area contributed by atoms with Crippen LogP contribution in [0.1, 0.15) is 17.5 Å². The normalized spacial score (nSPS) is 16.2. The van der Waals surface area contributed by atoms with Crippen molar-refractivity contribution in [2.24, 2.45) is 0 Å². The van der Waals surface area contributed by atoms with E-state index in [1.54, 1.807) is 36.6 Å². The van der Waals surface area contributed by atoms with Crippen LogP contribution >= 0.6 is 23.5 Å². The minimum atomic E-state index is -4.74. The molecule has 0 aromatic heterocycles. The van der Waals surface area contributed by atoms with Gasteiger partial charge in [-0.25, -0.2) is 8.42 Å². The molecule has 2 aromatic rings. The quantitative estimate of drug-likeness (QED) is 0.383. The highest BCUT2D eigenvalue weighted by atomic mass is 32.2. The van der Waals surface area contributed by atoms with Crippen molar-refractivity contribution in [3.8, 4) is 0 Å². The standard InChI is InChI=1S/C24H24F3N3O5S3/c1-36-13-10-19(29-38(34,35)18-9-5-8-17(15-18)24(25,26)27)21(31)28-11-12-30-22(32)20(37-23(30)33)14-16-6-3-2-4-7-16/h2-9,14-15,19,29H,10-13H2,1H3,(H,28,31)/b20-14-/t19-/m1/s1. The Bertz CT molecular complexity index is 1320. The Hall–Kier alpha value is -2.81. The van der Waals surface area contributed by atoms with Crippen molar-refractivity contribution in [1.82, 2.24) is 14.9 Å². The molecule has 0 spiro atoms. The average Bonchev–Trinajstić information content (AvgIpc) is 3.13. The number of hydrogen-bond donors (Lipinski definition) is 2. The van der Waals surface area contributed by atoms with Crippen LogP contribution in [-0.4, -0.2) is 61.5 Å². The largest absolute Gasteiger partial charge is 0.416 e. The molecule has 1 atom stereocenters. The molecule has 204 valence electrons. The Morgan fingerprint density at radius 3 is 2.50 bits per heavy atom. The Morgan fingerprint density at radius 2 is 1.84 bits per heavy atom. The molecule has 0 unspecified atom stereocenters. The summed E-state index contributed by atoms with van der Waals surface area (Å²) in [5.74, 6) is -0.861. The number of nitrogens with one attached hydrogen (secondary N) is 2. The second-order valence-electron chi connectivity index (χ2n) is 8.02. The van der Waals surface area contributed by atoms with Gasteiger partial charge in [0.05, 0.1) is 15.4 Å². The van der Waals surface area contributed by atoms with Crippen molar-refractivity contribution in [1.29, 1.82) is 0 Å². The molecule has 3 rings (SSSR count). The molecule has 1 aliphatic rings. The fourth-order valence-electron chi connectivity index (χ4n) is 3.38. The Balaban J connectivity index is 1.64. The third-order valence-corrected chi connectivity index (χ3v) is 8.32. The maximum absolute atomic E-state index is 13.0. The van der Waals surface area contributed by atoms with E-state index in [0.29, 0.717) is 11.8 Å². The number of hydrogen-bond acceptors (Lipinski definition) is 7. The monoisotopic (exact) mass is 587 g/mol. The Kier molecular flexibility index (Phi) is 10.0. The molecular weight excluding hydrogens is 563 g/mol. The number of nitrogens with zero attached hydrogens (tertiary/aromatic N) is 1. The molecule has 0 radical (unpaired) electrons. The van der Waals surface area contributed by atoms with Crippen LogP contribution in [0.2, 0.25) is 0 Å². The van der Waals surface area contributed by atoms with Crippen LogP contribution in [-0.2, 0) is 25.8 Å². The molecular formula is C24H24F3N3O5S3. The summed E-state index contributed by atoms with van der Waals surface area (Å²) in [6.45, 7) is -0.283. The topological polar surface area (TPSA) is 113 Å². The van der Waals surface area contributed by atoms with Crippen molar-refractivity contribution >= 4 is 56.7 Å². The minimum Gasteiger partial charge on any atom is -0.353 e. The summed E-state index contributed by atoms with van der Waals surface area (Å²) in [7, 11) is -4.46. The van der Waals surface area contributed by atoms with E-state index < -0.39 is 49.8 Å². The molecule has 38 heavy (non-hydrogen) atoms. The van der Waals surface area contributed by atoms with Gasteiger partial charge in [-0.1, -0.05) is 36.4 Å². The third-order valence-electron chi connectivity index (χ3n) is 5.30. The van der Waals surface area contributed by atoms with E-state index in [-0.39, 0.29) is 24.4 Å². The van der Waals surface area contributed by atoms with Crippen molar-refractivity contribution in [2.75, 3.05) is 25.1 Å². The average molecular weight is 588 g/mol. The van der Waals surface area contributed by atoms with Crippen LogP contribution in [0.3, 0.4) is 0 Å². The molecule has 8 nitrogen and oxygen atoms in total. The van der Waals surface area contributed by atoms with Gasteiger partial charge in [0.2, 0.25) is 15.9 Å². The van der Waals surface area contributed by atoms with Crippen LogP contribution in [0, 0.1) is 0 Å². The van der Waals surface area contributed by atoms with Crippen molar-refractivity contribution in [3.05, 3.63) is 70.6 Å². The molecule has 0 saturated carbocycles. The number of thioether (sulfide) groups is 2. The van der Waals surface area contributed by atoms with Gasteiger partial charge in [0, 0.05) is 13.1 Å². The highest BCUT2D eigenvalue weighted by molar-refractivity contribution is 8.18. The molecule has 1 aliphatic heterocycles. The smallest absolute Gasteiger partial charge is 0.353 e. The van der Waals surface area contributed by atoms with Gasteiger partial charge in [0.15, 0.2) is 0 Å². The van der Waals surface area contributed by atoms with E-state index in [1.165, 1.54) is 11.8 Å². The van der Waals surface area contributed by atoms with Gasteiger partial charge in [0.25, 0.3) is 11.1 Å². The molecule has 1 fully saturated rings. The van der Waals surface area contributed by atoms with Gasteiger partial charge < -0.3 is 5.32 Å². The fraction of sp³-hybridized carbons (Fsp3) is 0.292. The van der Waals surface area contributed by atoms with Crippen LogP contribution in [0.15, 0.2) is 64.4 Å². The number of amides is 3. The zero-order chi connectivity index (χ0) is 27.9. The molecule has 1 heterocycles. The van der Waals surface area contributed by atoms with E-state index in [4.69, 9.17) is 0 Å². The highest BCUT2D eigenvalue weighted by Gasteiger charge is 2.35. The maximum atomic E-state index is 13.0. The van der Waals surface area contributed by atoms with Gasteiger partial charge >= 0.3 is 6.18 Å². The first-order chi connectivity index (χ1) is 17.9. The summed E-state index contributed by atoms with van der Waals surface area (Å²) in [6.07, 6.45) is -1.34. The second-order valence-corrected chi connectivity index (χ2v) is 11.7. The van der Waals surface area contributed by atoms with E-state index in [0.717, 1.165) is 40.4 Å². The number of sulfonamides is 1. The minimum absolute atomic E-state index is 0.0621. The predicted molar refractivity (Wildman–Crippen MR) is 141 cm³/mol. The first-order valence-electron chi connectivity index (χ1n) is 11.2. The van der Waals surface area contributed by atoms with Crippen LogP contribution in [0.4, 0.5) is 18.0 Å². The summed E-state index contributed by atoms with van der Waals surface area (Å²) in [5, 5.41) is 2.00. The van der Waals surface area contributed by atoms with Gasteiger partial charge in [-0.05, 0) is 60.0 Å². The summed E-state index contributed by atoms with van der Waals surface area (Å²) >= 11 is 2.12. The van der Waals surface area contributed by atoms with Gasteiger partial charge in [-0.15, -0.1) is 0 Å². The van der Waals surface area contributed by atoms with Crippen LogP contribution in [0.5, 0.6) is 0 Å². The van der Waals surface area contributed by atoms with E-state index in [2.05, 4.69) is 10.0 Å². The summed E-state index contributed by atoms with van der Waals surface area (Å²) in [6, 6.07) is 10.9. The van der Waals surface area contributed by atoms with Crippen molar-refractivity contribution in [2.45, 2.75) is 23.5 Å². The van der Waals surface area contributed by atoms with Gasteiger partial charge in [0.1, 0.15) is 6.04 Å². The second kappa shape index (κ2) is 12.8. The number of carbonyl (C=O) groups excluding carboxylic acids is 3. The molecule has 2 N–H and O–H groups in total. The lowest BCUT2D eigenvalue weighted by Crippen LogP contribution is -2.48. The van der Waals surface area contributed by atoms with Gasteiger partial charge in [-0.3, -0.25) is 19.3 Å². The number of imide groups is 1. The molecule has 0 bridgehead atoms. The zero-order valence-corrected chi connectivity index (χ0v) is 22.5. The fourth-order valence-corrected chi connectivity index (χ4v) is 5.99. The summed E-state index contributed by atoms with van der Waals surface area (Å²) < 4.78 is 66.8. The number of rotatable bonds is 11. The maximum Gasteiger partial charge on any atom is 0.416 e. The summed E-state index contributed by atoms with van der Waals surface area (Å²) in [5.41, 5.74) is -0.389. The molecule has 3 amide bonds.